The van der Waals surface area contributed by atoms with E-state index in [0.717, 1.165) is 6.42 Å². The molecular weight excluding hydrogens is 119 g/mol. The van der Waals surface area contributed by atoms with Gasteiger partial charge in [0.1, 0.15) is 0 Å². The van der Waals surface area contributed by atoms with Gasteiger partial charge < -0.3 is 9.84 Å². The molecule has 1 aliphatic heterocycles. The van der Waals surface area contributed by atoms with Gasteiger partial charge in [-0.15, -0.1) is 0 Å². The summed E-state index contributed by atoms with van der Waals surface area (Å²) in [4.78, 5) is 0. The van der Waals surface area contributed by atoms with E-state index in [2.05, 4.69) is 4.74 Å². The molecule has 0 saturated carbocycles. The van der Waals surface area contributed by atoms with Crippen molar-refractivity contribution in [3.63, 3.8) is 0 Å². The molecule has 0 unspecified atom stereocenters. The van der Waals surface area contributed by atoms with Crippen LogP contribution in [-0.2, 0) is 4.74 Å². The Bertz CT molecular complexity index is 79.8. The van der Waals surface area contributed by atoms with Gasteiger partial charge in [-0.1, -0.05) is 6.08 Å². The third-order valence-corrected chi connectivity index (χ3v) is 0.673. The second-order valence-electron chi connectivity index (χ2n) is 1.16. The van der Waals surface area contributed by atoms with Crippen LogP contribution < -0.4 is 56.5 Å². The number of hydrogen-bond acceptors (Lipinski definition) is 2. The van der Waals surface area contributed by atoms with Crippen LogP contribution >= 0.6 is 0 Å². The zero-order valence-corrected chi connectivity index (χ0v) is 7.43. The topological polar surface area (TPSA) is 32.3 Å². The summed E-state index contributed by atoms with van der Waals surface area (Å²) < 4.78 is 4.46. The van der Waals surface area contributed by atoms with Crippen molar-refractivity contribution in [2.75, 3.05) is 6.61 Å². The Morgan fingerprint density at radius 3 is 2.57 bits per heavy atom. The minimum atomic E-state index is -0.171. The van der Waals surface area contributed by atoms with Crippen LogP contribution in [0.3, 0.4) is 0 Å². The van der Waals surface area contributed by atoms with Gasteiger partial charge in [-0.25, -0.2) is 0 Å². The van der Waals surface area contributed by atoms with E-state index in [-0.39, 0.29) is 57.3 Å². The van der Waals surface area contributed by atoms with Crippen molar-refractivity contribution in [2.24, 2.45) is 0 Å². The van der Waals surface area contributed by atoms with Gasteiger partial charge >= 0.3 is 51.4 Å². The average Bonchev–Trinajstić information content (AvgIpc) is 1.86. The maximum Gasteiger partial charge on any atom is 1.00 e. The van der Waals surface area contributed by atoms with Crippen LogP contribution in [0.2, 0.25) is 0 Å². The zero-order valence-electron chi connectivity index (χ0n) is 4.31. The molecule has 1 aliphatic rings. The van der Waals surface area contributed by atoms with Gasteiger partial charge in [0.2, 0.25) is 0 Å². The Labute approximate surface area is 85.0 Å². The van der Waals surface area contributed by atoms with Gasteiger partial charge in [0.15, 0.2) is 0 Å². The fourth-order valence-corrected chi connectivity index (χ4v) is 0.395. The molecule has 3 heteroatoms. The first-order valence-corrected chi connectivity index (χ1v) is 1.89. The predicted octanol–water partition coefficient (Wildman–Crippen LogP) is -3.39. The summed E-state index contributed by atoms with van der Waals surface area (Å²) in [5.41, 5.74) is 0. The van der Waals surface area contributed by atoms with E-state index in [1.165, 1.54) is 0 Å². The van der Waals surface area contributed by atoms with Crippen LogP contribution in [0.4, 0.5) is 0 Å². The fourth-order valence-electron chi connectivity index (χ4n) is 0.395. The maximum atomic E-state index is 9.97. The Morgan fingerprint density at radius 1 is 1.71 bits per heavy atom. The normalized spacial score (nSPS) is 16.9. The van der Waals surface area contributed by atoms with E-state index in [1.807, 2.05) is 0 Å². The molecule has 34 valence electrons. The molecule has 0 atom stereocenters. The van der Waals surface area contributed by atoms with E-state index in [9.17, 15) is 5.11 Å². The number of hydrogen-bond donors (Lipinski definition) is 0. The third kappa shape index (κ3) is 2.72. The summed E-state index contributed by atoms with van der Waals surface area (Å²) in [6.07, 6.45) is 2.33. The summed E-state index contributed by atoms with van der Waals surface area (Å²) in [5, 5.41) is 9.97. The van der Waals surface area contributed by atoms with Crippen molar-refractivity contribution < 1.29 is 61.2 Å². The quantitative estimate of drug-likeness (QED) is 0.315. The zero-order chi connectivity index (χ0) is 4.41. The fraction of sp³-hybridized carbons (Fsp3) is 0.500. The molecular formula is C4H5KO2. The van der Waals surface area contributed by atoms with Crippen molar-refractivity contribution in [3.05, 3.63) is 12.0 Å². The molecule has 0 aliphatic carbocycles. The molecule has 0 aromatic rings. The van der Waals surface area contributed by atoms with Crippen molar-refractivity contribution in [1.82, 2.24) is 0 Å². The Hall–Kier alpha value is 0.976. The molecule has 0 aromatic heterocycles. The van der Waals surface area contributed by atoms with Crippen molar-refractivity contribution in [3.8, 4) is 0 Å². The summed E-state index contributed by atoms with van der Waals surface area (Å²) in [6.45, 7) is 0.582. The molecule has 2 nitrogen and oxygen atoms in total. The molecule has 0 amide bonds. The predicted molar refractivity (Wildman–Crippen MR) is 18.7 cm³/mol. The molecule has 1 heterocycles. The first kappa shape index (κ1) is 7.98. The van der Waals surface area contributed by atoms with Gasteiger partial charge in [0, 0.05) is 5.95 Å². The molecule has 0 aromatic carbocycles. The molecule has 0 saturated heterocycles. The Balaban J connectivity index is 0.000000360. The average molecular weight is 124 g/mol. The minimum absolute atomic E-state index is 0. The van der Waals surface area contributed by atoms with Crippen molar-refractivity contribution in [1.29, 1.82) is 0 Å². The summed E-state index contributed by atoms with van der Waals surface area (Å²) >= 11 is 0. The number of ether oxygens (including phenoxy) is 1. The summed E-state index contributed by atoms with van der Waals surface area (Å²) in [7, 11) is 0. The van der Waals surface area contributed by atoms with Crippen LogP contribution in [0.1, 0.15) is 6.42 Å². The maximum absolute atomic E-state index is 9.97. The molecule has 1 rings (SSSR count). The largest absolute Gasteiger partial charge is 1.00 e. The molecule has 7 heavy (non-hydrogen) atoms. The van der Waals surface area contributed by atoms with Gasteiger partial charge in [-0.05, 0) is 13.0 Å². The van der Waals surface area contributed by atoms with E-state index in [1.54, 1.807) is 6.08 Å². The van der Waals surface area contributed by atoms with Crippen LogP contribution in [0.15, 0.2) is 12.0 Å². The van der Waals surface area contributed by atoms with Crippen molar-refractivity contribution >= 4 is 0 Å². The number of rotatable bonds is 0. The van der Waals surface area contributed by atoms with Crippen molar-refractivity contribution in [2.45, 2.75) is 6.42 Å². The van der Waals surface area contributed by atoms with E-state index in [4.69, 9.17) is 0 Å². The molecule has 0 bridgehead atoms. The van der Waals surface area contributed by atoms with Crippen LogP contribution in [0, 0.1) is 0 Å². The van der Waals surface area contributed by atoms with E-state index in [0.29, 0.717) is 6.61 Å². The summed E-state index contributed by atoms with van der Waals surface area (Å²) in [6, 6.07) is 0. The van der Waals surface area contributed by atoms with Gasteiger partial charge in [-0.2, -0.15) is 0 Å². The van der Waals surface area contributed by atoms with E-state index < -0.39 is 0 Å². The molecule has 0 N–H and O–H groups in total. The van der Waals surface area contributed by atoms with Crippen LogP contribution in [-0.4, -0.2) is 6.61 Å². The third-order valence-electron chi connectivity index (χ3n) is 0.673. The van der Waals surface area contributed by atoms with E-state index >= 15 is 0 Å². The molecule has 0 fully saturated rings. The first-order valence-electron chi connectivity index (χ1n) is 1.89. The smallest absolute Gasteiger partial charge is 0.613 e. The SMILES string of the molecule is [K+].[O-]C1=CCCO1. The second-order valence-corrected chi connectivity index (χ2v) is 1.16. The molecule has 0 spiro atoms. The minimum Gasteiger partial charge on any atom is -0.613 e. The Morgan fingerprint density at radius 2 is 2.43 bits per heavy atom. The first-order chi connectivity index (χ1) is 2.89. The standard InChI is InChI=1S/C4H6O2.K/c5-4-2-1-3-6-4;/h2,5H,1,3H2;/q;+1/p-1. The monoisotopic (exact) mass is 124 g/mol. The second kappa shape index (κ2) is 3.92. The van der Waals surface area contributed by atoms with Gasteiger partial charge in [0.05, 0.1) is 0 Å². The molecule has 0 radical (unpaired) electrons. The van der Waals surface area contributed by atoms with Crippen LogP contribution in [0.25, 0.3) is 0 Å². The summed E-state index contributed by atoms with van der Waals surface area (Å²) in [5.74, 6) is -0.171. The van der Waals surface area contributed by atoms with Crippen LogP contribution in [0.5, 0.6) is 0 Å². The Kier molecular flexibility index (Phi) is 4.46. The van der Waals surface area contributed by atoms with Gasteiger partial charge in [-0.3, -0.25) is 0 Å². The van der Waals surface area contributed by atoms with Gasteiger partial charge in [0.25, 0.3) is 0 Å².